The van der Waals surface area contributed by atoms with Gasteiger partial charge in [-0.25, -0.2) is 9.97 Å². The van der Waals surface area contributed by atoms with E-state index in [0.29, 0.717) is 36.3 Å². The zero-order valence-corrected chi connectivity index (χ0v) is 14.6. The number of hydrogen-bond acceptors (Lipinski definition) is 7. The van der Waals surface area contributed by atoms with E-state index in [-0.39, 0.29) is 0 Å². The molecule has 1 spiro atoms. The number of fused-ring (bicyclic) bond motifs is 1. The number of nitrogens with zero attached hydrogens (tertiary/aromatic N) is 4. The van der Waals surface area contributed by atoms with Crippen LogP contribution >= 0.6 is 0 Å². The van der Waals surface area contributed by atoms with Gasteiger partial charge in [0.1, 0.15) is 0 Å². The Labute approximate surface area is 151 Å². The zero-order valence-electron chi connectivity index (χ0n) is 14.6. The van der Waals surface area contributed by atoms with Crippen LogP contribution in [-0.4, -0.2) is 47.0 Å². The number of piperidine rings is 1. The van der Waals surface area contributed by atoms with Crippen molar-refractivity contribution in [2.45, 2.75) is 25.6 Å². The maximum Gasteiger partial charge on any atom is 0.252 e. The number of oxazole rings is 1. The number of hydrogen-bond donors (Lipinski definition) is 0. The van der Waals surface area contributed by atoms with E-state index in [2.05, 4.69) is 19.9 Å². The molecule has 2 aliphatic rings. The van der Waals surface area contributed by atoms with Crippen LogP contribution in [0.5, 0.6) is 0 Å². The van der Waals surface area contributed by atoms with E-state index in [0.717, 1.165) is 37.2 Å². The minimum atomic E-state index is -0.400. The molecular weight excluding hydrogens is 332 g/mol. The first kappa shape index (κ1) is 15.7. The third-order valence-electron chi connectivity index (χ3n) is 5.06. The van der Waals surface area contributed by atoms with Crippen molar-refractivity contribution < 1.29 is 13.9 Å². The number of aromatic nitrogens is 3. The summed E-state index contributed by atoms with van der Waals surface area (Å²) >= 11 is 0. The Hall–Kier alpha value is -2.51. The smallest absolute Gasteiger partial charge is 0.252 e. The van der Waals surface area contributed by atoms with Gasteiger partial charge in [-0.05, 0) is 19.1 Å². The van der Waals surface area contributed by atoms with Crippen molar-refractivity contribution in [2.24, 2.45) is 0 Å². The molecule has 7 heteroatoms. The van der Waals surface area contributed by atoms with Gasteiger partial charge in [0.25, 0.3) is 5.71 Å². The van der Waals surface area contributed by atoms with Crippen LogP contribution in [0.1, 0.15) is 18.5 Å². The van der Waals surface area contributed by atoms with E-state index in [1.807, 2.05) is 37.3 Å². The fraction of sp³-hybridized carbons (Fsp3) is 0.421. The van der Waals surface area contributed by atoms with E-state index in [4.69, 9.17) is 13.9 Å². The molecule has 26 heavy (non-hydrogen) atoms. The highest BCUT2D eigenvalue weighted by molar-refractivity contribution is 5.76. The van der Waals surface area contributed by atoms with Crippen LogP contribution in [0.4, 0.5) is 5.95 Å². The average Bonchev–Trinajstić information content (AvgIpc) is 3.31. The molecule has 1 aromatic carbocycles. The SMILES string of the molecule is Cc1nc(N2CCC3(CC2)OCCO3)nc2oc(-c3ccccc3)nc12. The highest BCUT2D eigenvalue weighted by Gasteiger charge is 2.40. The Balaban J connectivity index is 1.44. The lowest BCUT2D eigenvalue weighted by atomic mass is 10.0. The normalized spacial score (nSPS) is 19.5. The highest BCUT2D eigenvalue weighted by Crippen LogP contribution is 2.33. The molecule has 0 aliphatic carbocycles. The number of ether oxygens (including phenoxy) is 2. The monoisotopic (exact) mass is 352 g/mol. The van der Waals surface area contributed by atoms with Crippen LogP contribution in [-0.2, 0) is 9.47 Å². The summed E-state index contributed by atoms with van der Waals surface area (Å²) in [5, 5.41) is 0. The topological polar surface area (TPSA) is 73.5 Å². The van der Waals surface area contributed by atoms with Crippen LogP contribution in [0.15, 0.2) is 34.7 Å². The molecule has 134 valence electrons. The molecule has 2 aliphatic heterocycles. The van der Waals surface area contributed by atoms with Gasteiger partial charge in [0.05, 0.1) is 18.9 Å². The van der Waals surface area contributed by atoms with E-state index in [1.165, 1.54) is 0 Å². The summed E-state index contributed by atoms with van der Waals surface area (Å²) in [5.41, 5.74) is 3.00. The van der Waals surface area contributed by atoms with Gasteiger partial charge < -0.3 is 18.8 Å². The van der Waals surface area contributed by atoms with Gasteiger partial charge in [-0.1, -0.05) is 18.2 Å². The Kier molecular flexibility index (Phi) is 3.65. The minimum absolute atomic E-state index is 0.400. The quantitative estimate of drug-likeness (QED) is 0.702. The molecule has 4 heterocycles. The fourth-order valence-electron chi connectivity index (χ4n) is 3.62. The second-order valence-corrected chi connectivity index (χ2v) is 6.74. The first-order valence-corrected chi connectivity index (χ1v) is 8.96. The summed E-state index contributed by atoms with van der Waals surface area (Å²) in [5.74, 6) is 0.849. The zero-order chi connectivity index (χ0) is 17.6. The van der Waals surface area contributed by atoms with Crippen molar-refractivity contribution in [2.75, 3.05) is 31.2 Å². The minimum Gasteiger partial charge on any atom is -0.417 e. The van der Waals surface area contributed by atoms with Crippen molar-refractivity contribution in [3.63, 3.8) is 0 Å². The molecule has 0 bridgehead atoms. The third-order valence-corrected chi connectivity index (χ3v) is 5.06. The van der Waals surface area contributed by atoms with Gasteiger partial charge in [-0.3, -0.25) is 0 Å². The first-order chi connectivity index (χ1) is 12.7. The molecule has 5 rings (SSSR count). The van der Waals surface area contributed by atoms with Crippen LogP contribution in [0.3, 0.4) is 0 Å². The molecule has 0 amide bonds. The summed E-state index contributed by atoms with van der Waals surface area (Å²) in [6.45, 7) is 4.90. The number of benzene rings is 1. The summed E-state index contributed by atoms with van der Waals surface area (Å²) < 4.78 is 17.5. The number of anilines is 1. The van der Waals surface area contributed by atoms with E-state index in [1.54, 1.807) is 0 Å². The second kappa shape index (κ2) is 6.03. The van der Waals surface area contributed by atoms with Crippen LogP contribution < -0.4 is 4.90 Å². The molecule has 0 radical (unpaired) electrons. The third kappa shape index (κ3) is 2.64. The van der Waals surface area contributed by atoms with Crippen LogP contribution in [0.25, 0.3) is 22.7 Å². The Morgan fingerprint density at radius 2 is 1.69 bits per heavy atom. The molecule has 0 saturated carbocycles. The Bertz CT molecular complexity index is 925. The van der Waals surface area contributed by atoms with Crippen LogP contribution in [0, 0.1) is 6.92 Å². The van der Waals surface area contributed by atoms with Crippen molar-refractivity contribution in [1.82, 2.24) is 15.0 Å². The lowest BCUT2D eigenvalue weighted by molar-refractivity contribution is -0.169. The lowest BCUT2D eigenvalue weighted by Crippen LogP contribution is -2.45. The van der Waals surface area contributed by atoms with E-state index < -0.39 is 5.79 Å². The first-order valence-electron chi connectivity index (χ1n) is 8.96. The fourth-order valence-corrected chi connectivity index (χ4v) is 3.62. The van der Waals surface area contributed by atoms with Crippen molar-refractivity contribution >= 4 is 17.2 Å². The van der Waals surface area contributed by atoms with Gasteiger partial charge in [-0.2, -0.15) is 4.98 Å². The summed E-state index contributed by atoms with van der Waals surface area (Å²) in [7, 11) is 0. The van der Waals surface area contributed by atoms with Crippen molar-refractivity contribution in [3.05, 3.63) is 36.0 Å². The molecule has 2 saturated heterocycles. The molecule has 2 aromatic heterocycles. The van der Waals surface area contributed by atoms with Crippen molar-refractivity contribution in [3.8, 4) is 11.5 Å². The second-order valence-electron chi connectivity index (χ2n) is 6.74. The predicted molar refractivity (Wildman–Crippen MR) is 95.9 cm³/mol. The van der Waals surface area contributed by atoms with Crippen LogP contribution in [0.2, 0.25) is 0 Å². The molecule has 0 N–H and O–H groups in total. The largest absolute Gasteiger partial charge is 0.417 e. The number of aryl methyl sites for hydroxylation is 1. The predicted octanol–water partition coefficient (Wildman–Crippen LogP) is 2.94. The van der Waals surface area contributed by atoms with Gasteiger partial charge in [0.2, 0.25) is 11.8 Å². The molecular formula is C19H20N4O3. The molecule has 2 fully saturated rings. The maximum absolute atomic E-state index is 5.92. The van der Waals surface area contributed by atoms with Crippen molar-refractivity contribution in [1.29, 1.82) is 0 Å². The van der Waals surface area contributed by atoms with Gasteiger partial charge in [-0.15, -0.1) is 0 Å². The maximum atomic E-state index is 5.92. The van der Waals surface area contributed by atoms with Gasteiger partial charge in [0, 0.05) is 31.5 Å². The molecule has 7 nitrogen and oxygen atoms in total. The van der Waals surface area contributed by atoms with Gasteiger partial charge >= 0.3 is 0 Å². The lowest BCUT2D eigenvalue weighted by Gasteiger charge is -2.37. The highest BCUT2D eigenvalue weighted by atomic mass is 16.7. The number of rotatable bonds is 2. The average molecular weight is 352 g/mol. The molecule has 0 unspecified atom stereocenters. The van der Waals surface area contributed by atoms with E-state index in [9.17, 15) is 0 Å². The molecule has 0 atom stereocenters. The van der Waals surface area contributed by atoms with Gasteiger partial charge in [0.15, 0.2) is 11.3 Å². The summed E-state index contributed by atoms with van der Waals surface area (Å²) in [6.07, 6.45) is 1.64. The molecule has 3 aromatic rings. The Morgan fingerprint density at radius 1 is 0.962 bits per heavy atom. The van der Waals surface area contributed by atoms with E-state index >= 15 is 0 Å². The summed E-state index contributed by atoms with van der Waals surface area (Å²) in [6, 6.07) is 9.84. The summed E-state index contributed by atoms with van der Waals surface area (Å²) in [4.78, 5) is 16.0. The standard InChI is InChI=1S/C19H20N4O3/c1-13-15-17(26-16(21-15)14-5-3-2-4-6-14)22-18(20-13)23-9-7-19(8-10-23)24-11-12-25-19/h2-6H,7-12H2,1H3. The Morgan fingerprint density at radius 3 is 2.42 bits per heavy atom.